The van der Waals surface area contributed by atoms with Gasteiger partial charge in [0.05, 0.1) is 47.1 Å². The highest BCUT2D eigenvalue weighted by Gasteiger charge is 2.56. The Labute approximate surface area is 298 Å². The molecule has 1 N–H and O–H groups in total. The maximum absolute atomic E-state index is 14.9. The van der Waals surface area contributed by atoms with Crippen molar-refractivity contribution in [2.45, 2.75) is 76.0 Å². The van der Waals surface area contributed by atoms with E-state index in [1.54, 1.807) is 38.1 Å². The van der Waals surface area contributed by atoms with Crippen molar-refractivity contribution in [3.05, 3.63) is 58.7 Å². The summed E-state index contributed by atoms with van der Waals surface area (Å²) in [5, 5.41) is 8.37. The summed E-state index contributed by atoms with van der Waals surface area (Å²) in [5.74, 6) is -2.16. The molecule has 3 aromatic rings. The molecule has 2 aromatic carbocycles. The number of Topliss-reactive ketones (excluding diaryl/α,β-unsaturated/α-hetero) is 1. The Bertz CT molecular complexity index is 1670. The van der Waals surface area contributed by atoms with Crippen molar-refractivity contribution in [1.82, 2.24) is 19.6 Å². The number of aryl methyl sites for hydroxylation is 1. The molecular formula is C37H48ClN5O7. The Kier molecular flexibility index (Phi) is 11.6. The summed E-state index contributed by atoms with van der Waals surface area (Å²) >= 11 is 6.75. The maximum atomic E-state index is 14.9. The number of anilines is 1. The zero-order valence-electron chi connectivity index (χ0n) is 29.4. The smallest absolute Gasteiger partial charge is 0.308 e. The third-order valence-corrected chi connectivity index (χ3v) is 10.7. The highest BCUT2D eigenvalue weighted by atomic mass is 35.5. The van der Waals surface area contributed by atoms with Crippen molar-refractivity contribution >= 4 is 45.9 Å². The fourth-order valence-electron chi connectivity index (χ4n) is 7.77. The zero-order valence-corrected chi connectivity index (χ0v) is 30.1. The van der Waals surface area contributed by atoms with Crippen LogP contribution in [0.15, 0.2) is 42.5 Å². The summed E-state index contributed by atoms with van der Waals surface area (Å²) in [6.45, 7) is 4.52. The van der Waals surface area contributed by atoms with E-state index in [-0.39, 0.29) is 48.3 Å². The normalized spacial score (nSPS) is 24.3. The molecule has 6 rings (SSSR count). The molecule has 0 radical (unpaired) electrons. The molecule has 0 spiro atoms. The Morgan fingerprint density at radius 2 is 1.64 bits per heavy atom. The van der Waals surface area contributed by atoms with E-state index >= 15 is 0 Å². The number of ether oxygens (including phenoxy) is 4. The zero-order chi connectivity index (χ0) is 35.4. The molecule has 50 heavy (non-hydrogen) atoms. The number of hydrogen-bond donors (Lipinski definition) is 1. The van der Waals surface area contributed by atoms with E-state index < -0.39 is 5.85 Å². The number of nitrogens with zero attached hydrogens (tertiary/aromatic N) is 4. The molecule has 3 atom stereocenters. The molecule has 2 saturated heterocycles. The monoisotopic (exact) mass is 709 g/mol. The molecule has 2 aliphatic heterocycles. The molecule has 0 bridgehead atoms. The third-order valence-electron chi connectivity index (χ3n) is 10.4. The molecule has 1 unspecified atom stereocenters. The molecule has 1 amide bonds. The first kappa shape index (κ1) is 36.4. The van der Waals surface area contributed by atoms with Gasteiger partial charge in [0.2, 0.25) is 5.85 Å². The van der Waals surface area contributed by atoms with Crippen molar-refractivity contribution < 1.29 is 33.3 Å². The number of nitrogens with one attached hydrogen (secondary N) is 1. The minimum absolute atomic E-state index is 0.0549. The minimum Gasteiger partial charge on any atom is -0.466 e. The number of halogens is 1. The van der Waals surface area contributed by atoms with Gasteiger partial charge in [-0.15, -0.1) is 0 Å². The van der Waals surface area contributed by atoms with Crippen LogP contribution < -0.4 is 5.32 Å². The summed E-state index contributed by atoms with van der Waals surface area (Å²) in [5.41, 5.74) is 2.27. The molecule has 1 aromatic heterocycles. The third kappa shape index (κ3) is 7.33. The van der Waals surface area contributed by atoms with Gasteiger partial charge in [0.15, 0.2) is 11.5 Å². The predicted molar refractivity (Wildman–Crippen MR) is 189 cm³/mol. The highest BCUT2D eigenvalue weighted by molar-refractivity contribution is 6.34. The standard InChI is InChI=1S/C37H48ClN5O7/c1-5-49-36(46)25-13-15-26(16-14-25)50-37(42-18-8-9-19-42,43-22-31(47-3)32(23-43)48-4)33(44)21-24-12-17-29(28(38)20-24)39-35(45)34-27-10-6-7-11-30(27)41(2)40-34/h6-7,10-12,17,20,25-26,31-32H,5,8-9,13-16,18-19,21-23H2,1-4H3,(H,39,45)/t25-,26-,31-,32-,37?/m0/s1. The van der Waals surface area contributed by atoms with Crippen LogP contribution in [0, 0.1) is 5.92 Å². The van der Waals surface area contributed by atoms with Gasteiger partial charge in [-0.25, -0.2) is 0 Å². The van der Waals surface area contributed by atoms with E-state index in [1.165, 1.54) is 0 Å². The highest BCUT2D eigenvalue weighted by Crippen LogP contribution is 2.38. The maximum Gasteiger partial charge on any atom is 0.308 e. The quantitative estimate of drug-likeness (QED) is 0.247. The van der Waals surface area contributed by atoms with E-state index in [2.05, 4.69) is 20.2 Å². The molecule has 3 aliphatic rings. The Morgan fingerprint density at radius 1 is 0.960 bits per heavy atom. The number of methoxy groups -OCH3 is 2. The molecule has 12 nitrogen and oxygen atoms in total. The van der Waals surface area contributed by atoms with Crippen LogP contribution in [0.3, 0.4) is 0 Å². The number of benzene rings is 2. The van der Waals surface area contributed by atoms with Crippen molar-refractivity contribution in [1.29, 1.82) is 0 Å². The number of esters is 1. The van der Waals surface area contributed by atoms with Crippen LogP contribution in [0.25, 0.3) is 10.9 Å². The lowest BCUT2D eigenvalue weighted by molar-refractivity contribution is -0.254. The van der Waals surface area contributed by atoms with Gasteiger partial charge in [-0.05, 0) is 69.2 Å². The van der Waals surface area contributed by atoms with Gasteiger partial charge in [0.1, 0.15) is 0 Å². The summed E-state index contributed by atoms with van der Waals surface area (Å²) in [6.07, 6.45) is 3.86. The van der Waals surface area contributed by atoms with E-state index in [4.69, 9.17) is 30.5 Å². The van der Waals surface area contributed by atoms with Crippen LogP contribution in [-0.2, 0) is 42.0 Å². The van der Waals surface area contributed by atoms with Crippen LogP contribution in [0.1, 0.15) is 61.5 Å². The number of hydrogen-bond acceptors (Lipinski definition) is 10. The number of amides is 1. The average molecular weight is 710 g/mol. The summed E-state index contributed by atoms with van der Waals surface area (Å²) in [7, 11) is 5.12. The molecule has 13 heteroatoms. The first-order valence-electron chi connectivity index (χ1n) is 17.6. The van der Waals surface area contributed by atoms with Crippen LogP contribution in [0.5, 0.6) is 0 Å². The van der Waals surface area contributed by atoms with Crippen molar-refractivity contribution in [3.63, 3.8) is 0 Å². The molecule has 3 fully saturated rings. The number of carbonyl (C=O) groups is 3. The van der Waals surface area contributed by atoms with Crippen LogP contribution >= 0.6 is 11.6 Å². The van der Waals surface area contributed by atoms with Gasteiger partial charge in [0.25, 0.3) is 5.91 Å². The second-order valence-corrected chi connectivity index (χ2v) is 13.9. The van der Waals surface area contributed by atoms with Crippen LogP contribution in [0.2, 0.25) is 5.02 Å². The summed E-state index contributed by atoms with van der Waals surface area (Å²) in [4.78, 5) is 45.0. The average Bonchev–Trinajstić information content (AvgIpc) is 3.89. The SMILES string of the molecule is CCOC(=O)[C@H]1CC[C@H](OC(C(=O)Cc2ccc(NC(=O)c3nn(C)c4ccccc34)c(Cl)c2)(N2CCCC2)N2C[C@H](OC)[C@@H](OC)C2)CC1. The fourth-order valence-corrected chi connectivity index (χ4v) is 8.02. The molecule has 1 saturated carbocycles. The Balaban J connectivity index is 1.25. The number of rotatable bonds is 13. The first-order chi connectivity index (χ1) is 24.2. The number of para-hydroxylation sites is 1. The number of aromatic nitrogens is 2. The van der Waals surface area contributed by atoms with Gasteiger partial charge in [-0.1, -0.05) is 35.9 Å². The van der Waals surface area contributed by atoms with E-state index in [1.807, 2.05) is 37.3 Å². The van der Waals surface area contributed by atoms with E-state index in [0.29, 0.717) is 80.4 Å². The van der Waals surface area contributed by atoms with Gasteiger partial charge >= 0.3 is 5.97 Å². The topological polar surface area (TPSA) is 124 Å². The van der Waals surface area contributed by atoms with Crippen molar-refractivity contribution in [2.75, 3.05) is 52.3 Å². The molecule has 270 valence electrons. The van der Waals surface area contributed by atoms with E-state index in [9.17, 15) is 14.4 Å². The minimum atomic E-state index is -1.36. The predicted octanol–water partition coefficient (Wildman–Crippen LogP) is 4.82. The largest absolute Gasteiger partial charge is 0.466 e. The number of fused-ring (bicyclic) bond motifs is 1. The lowest BCUT2D eigenvalue weighted by Gasteiger charge is -2.48. The van der Waals surface area contributed by atoms with Crippen molar-refractivity contribution in [3.8, 4) is 0 Å². The Hall–Kier alpha value is -3.39. The molecule has 1 aliphatic carbocycles. The molecule has 3 heterocycles. The number of carbonyl (C=O) groups excluding carboxylic acids is 3. The lowest BCUT2D eigenvalue weighted by Crippen LogP contribution is -2.67. The number of ketones is 1. The second kappa shape index (κ2) is 15.9. The van der Waals surface area contributed by atoms with E-state index in [0.717, 1.165) is 23.7 Å². The van der Waals surface area contributed by atoms with Gasteiger partial charge in [-0.2, -0.15) is 5.10 Å². The second-order valence-electron chi connectivity index (χ2n) is 13.5. The summed E-state index contributed by atoms with van der Waals surface area (Å²) in [6, 6.07) is 12.8. The van der Waals surface area contributed by atoms with Crippen LogP contribution in [0.4, 0.5) is 5.69 Å². The Morgan fingerprint density at radius 3 is 2.28 bits per heavy atom. The van der Waals surface area contributed by atoms with Gasteiger partial charge in [0, 0.05) is 59.3 Å². The van der Waals surface area contributed by atoms with Crippen molar-refractivity contribution in [2.24, 2.45) is 13.0 Å². The van der Waals surface area contributed by atoms with Crippen LogP contribution in [-0.4, -0.2) is 108 Å². The van der Waals surface area contributed by atoms with Gasteiger partial charge < -0.3 is 24.3 Å². The lowest BCUT2D eigenvalue weighted by atomic mass is 9.87. The summed E-state index contributed by atoms with van der Waals surface area (Å²) < 4.78 is 25.7. The van der Waals surface area contributed by atoms with Gasteiger partial charge in [-0.3, -0.25) is 28.9 Å². The number of likely N-dealkylation sites (tertiary alicyclic amines) is 2. The fraction of sp³-hybridized carbons (Fsp3) is 0.568. The first-order valence-corrected chi connectivity index (χ1v) is 18.0. The molecular weight excluding hydrogens is 662 g/mol.